The van der Waals surface area contributed by atoms with Crippen molar-refractivity contribution in [2.45, 2.75) is 47.0 Å². The Labute approximate surface area is 79.9 Å². The highest BCUT2D eigenvalue weighted by Gasteiger charge is 2.19. The van der Waals surface area contributed by atoms with Crippen molar-refractivity contribution in [3.63, 3.8) is 0 Å². The average molecular weight is 221 g/mol. The Morgan fingerprint density at radius 3 is 1.91 bits per heavy atom. The lowest BCUT2D eigenvalue weighted by molar-refractivity contribution is 0.290. The van der Waals surface area contributed by atoms with Crippen LogP contribution < -0.4 is 0 Å². The summed E-state index contributed by atoms with van der Waals surface area (Å²) in [5.74, 6) is 0.919. The largest absolute Gasteiger partial charge is 0.0922 e. The first-order valence-electron chi connectivity index (χ1n) is 4.61. The Morgan fingerprint density at radius 1 is 1.18 bits per heavy atom. The van der Waals surface area contributed by atoms with Gasteiger partial charge < -0.3 is 0 Å². The van der Waals surface area contributed by atoms with E-state index in [1.54, 1.807) is 0 Å². The molecule has 0 aliphatic heterocycles. The van der Waals surface area contributed by atoms with E-state index in [-0.39, 0.29) is 0 Å². The zero-order valence-electron chi connectivity index (χ0n) is 8.28. The summed E-state index contributed by atoms with van der Waals surface area (Å²) in [4.78, 5) is 0. The van der Waals surface area contributed by atoms with Gasteiger partial charge in [0, 0.05) is 5.33 Å². The molecule has 0 rings (SSSR count). The number of alkyl halides is 1. The summed E-state index contributed by atoms with van der Waals surface area (Å²) < 4.78 is 0. The monoisotopic (exact) mass is 220 g/mol. The number of hydrogen-bond acceptors (Lipinski definition) is 0. The van der Waals surface area contributed by atoms with E-state index in [2.05, 4.69) is 43.6 Å². The summed E-state index contributed by atoms with van der Waals surface area (Å²) >= 11 is 3.56. The molecule has 0 fully saturated rings. The van der Waals surface area contributed by atoms with Gasteiger partial charge in [-0.1, -0.05) is 56.5 Å². The molecule has 0 spiro atoms. The normalized spacial score (nSPS) is 12.5. The first-order valence-corrected chi connectivity index (χ1v) is 5.73. The van der Waals surface area contributed by atoms with Crippen molar-refractivity contribution < 1.29 is 0 Å². The molecule has 0 aliphatic carbocycles. The Hall–Kier alpha value is 0.480. The van der Waals surface area contributed by atoms with Gasteiger partial charge in [0.05, 0.1) is 0 Å². The van der Waals surface area contributed by atoms with Crippen LogP contribution in [0.2, 0.25) is 0 Å². The second-order valence-electron chi connectivity index (χ2n) is 4.18. The lowest BCUT2D eigenvalue weighted by Crippen LogP contribution is -2.17. The van der Waals surface area contributed by atoms with Gasteiger partial charge in [-0.25, -0.2) is 0 Å². The molecule has 0 heterocycles. The van der Waals surface area contributed by atoms with Crippen LogP contribution >= 0.6 is 15.9 Å². The standard InChI is InChI=1S/C10H21Br/c1-5-9(6-2)7-10(3,4)8-11/h9H,5-8H2,1-4H3. The van der Waals surface area contributed by atoms with Crippen LogP contribution in [0, 0.1) is 11.3 Å². The Bertz CT molecular complexity index is 93.0. The van der Waals surface area contributed by atoms with Gasteiger partial charge in [0.2, 0.25) is 0 Å². The van der Waals surface area contributed by atoms with E-state index in [0.29, 0.717) is 5.41 Å². The van der Waals surface area contributed by atoms with Crippen molar-refractivity contribution in [1.29, 1.82) is 0 Å². The van der Waals surface area contributed by atoms with Crippen LogP contribution in [-0.4, -0.2) is 5.33 Å². The molecule has 0 aromatic carbocycles. The van der Waals surface area contributed by atoms with Crippen molar-refractivity contribution in [1.82, 2.24) is 0 Å². The minimum Gasteiger partial charge on any atom is -0.0922 e. The summed E-state index contributed by atoms with van der Waals surface area (Å²) in [5.41, 5.74) is 0.483. The molecular weight excluding hydrogens is 200 g/mol. The molecular formula is C10H21Br. The minimum absolute atomic E-state index is 0.483. The maximum atomic E-state index is 3.56. The fourth-order valence-electron chi connectivity index (χ4n) is 1.41. The lowest BCUT2D eigenvalue weighted by Gasteiger charge is -2.26. The molecule has 0 aliphatic rings. The van der Waals surface area contributed by atoms with Gasteiger partial charge in [-0.2, -0.15) is 0 Å². The van der Waals surface area contributed by atoms with Gasteiger partial charge in [-0.15, -0.1) is 0 Å². The third-order valence-electron chi connectivity index (χ3n) is 2.36. The second-order valence-corrected chi connectivity index (χ2v) is 4.75. The molecule has 0 saturated carbocycles. The fourth-order valence-corrected chi connectivity index (χ4v) is 1.64. The van der Waals surface area contributed by atoms with Crippen LogP contribution in [-0.2, 0) is 0 Å². The molecule has 1 heteroatoms. The second kappa shape index (κ2) is 5.18. The van der Waals surface area contributed by atoms with Crippen LogP contribution in [0.3, 0.4) is 0 Å². The first kappa shape index (κ1) is 11.5. The lowest BCUT2D eigenvalue weighted by atomic mass is 9.82. The topological polar surface area (TPSA) is 0 Å². The van der Waals surface area contributed by atoms with Gasteiger partial charge in [0.25, 0.3) is 0 Å². The van der Waals surface area contributed by atoms with Gasteiger partial charge in [0.1, 0.15) is 0 Å². The fraction of sp³-hybridized carbons (Fsp3) is 1.00. The Morgan fingerprint density at radius 2 is 1.64 bits per heavy atom. The molecule has 0 amide bonds. The highest BCUT2D eigenvalue weighted by molar-refractivity contribution is 9.09. The molecule has 0 bridgehead atoms. The predicted octanol–water partition coefficient (Wildman–Crippen LogP) is 4.23. The van der Waals surface area contributed by atoms with E-state index in [0.717, 1.165) is 11.2 Å². The van der Waals surface area contributed by atoms with Crippen molar-refractivity contribution >= 4 is 15.9 Å². The maximum absolute atomic E-state index is 3.56. The van der Waals surface area contributed by atoms with E-state index in [4.69, 9.17) is 0 Å². The number of rotatable bonds is 5. The molecule has 0 N–H and O–H groups in total. The quantitative estimate of drug-likeness (QED) is 0.609. The third-order valence-corrected chi connectivity index (χ3v) is 3.88. The van der Waals surface area contributed by atoms with Gasteiger partial charge in [0.15, 0.2) is 0 Å². The van der Waals surface area contributed by atoms with Crippen molar-refractivity contribution in [2.75, 3.05) is 5.33 Å². The van der Waals surface area contributed by atoms with E-state index in [1.165, 1.54) is 19.3 Å². The average Bonchev–Trinajstić information content (AvgIpc) is 2.00. The molecule has 0 aromatic heterocycles. The molecule has 68 valence electrons. The molecule has 0 saturated heterocycles. The highest BCUT2D eigenvalue weighted by Crippen LogP contribution is 2.30. The van der Waals surface area contributed by atoms with Crippen molar-refractivity contribution in [3.05, 3.63) is 0 Å². The van der Waals surface area contributed by atoms with E-state index < -0.39 is 0 Å². The van der Waals surface area contributed by atoms with Crippen LogP contribution in [0.5, 0.6) is 0 Å². The predicted molar refractivity (Wildman–Crippen MR) is 56.3 cm³/mol. The van der Waals surface area contributed by atoms with Crippen LogP contribution in [0.25, 0.3) is 0 Å². The summed E-state index contributed by atoms with van der Waals surface area (Å²) in [5, 5.41) is 1.12. The van der Waals surface area contributed by atoms with Crippen LogP contribution in [0.1, 0.15) is 47.0 Å². The number of hydrogen-bond donors (Lipinski definition) is 0. The minimum atomic E-state index is 0.483. The summed E-state index contributed by atoms with van der Waals surface area (Å²) in [6, 6.07) is 0. The smallest absolute Gasteiger partial charge is 0.00827 e. The number of halogens is 1. The zero-order valence-corrected chi connectivity index (χ0v) is 9.87. The highest BCUT2D eigenvalue weighted by atomic mass is 79.9. The van der Waals surface area contributed by atoms with E-state index >= 15 is 0 Å². The van der Waals surface area contributed by atoms with Crippen molar-refractivity contribution in [3.8, 4) is 0 Å². The van der Waals surface area contributed by atoms with Crippen LogP contribution in [0.4, 0.5) is 0 Å². The Kier molecular flexibility index (Phi) is 5.41. The van der Waals surface area contributed by atoms with Crippen molar-refractivity contribution in [2.24, 2.45) is 11.3 Å². The molecule has 0 unspecified atom stereocenters. The molecule has 11 heavy (non-hydrogen) atoms. The molecule has 0 aromatic rings. The summed E-state index contributed by atoms with van der Waals surface area (Å²) in [6.45, 7) is 9.25. The van der Waals surface area contributed by atoms with Crippen LogP contribution in [0.15, 0.2) is 0 Å². The van der Waals surface area contributed by atoms with E-state index in [9.17, 15) is 0 Å². The summed E-state index contributed by atoms with van der Waals surface area (Å²) in [7, 11) is 0. The zero-order chi connectivity index (χ0) is 8.91. The third kappa shape index (κ3) is 4.84. The maximum Gasteiger partial charge on any atom is 0.00827 e. The first-order chi connectivity index (χ1) is 5.05. The molecule has 0 nitrogen and oxygen atoms in total. The molecule has 0 radical (unpaired) electrons. The van der Waals surface area contributed by atoms with E-state index in [1.807, 2.05) is 0 Å². The summed E-state index contributed by atoms with van der Waals surface area (Å²) in [6.07, 6.45) is 4.01. The molecule has 0 atom stereocenters. The van der Waals surface area contributed by atoms with Gasteiger partial charge in [-0.05, 0) is 17.8 Å². The SMILES string of the molecule is CCC(CC)CC(C)(C)CBr. The van der Waals surface area contributed by atoms with Gasteiger partial charge >= 0.3 is 0 Å². The van der Waals surface area contributed by atoms with Gasteiger partial charge in [-0.3, -0.25) is 0 Å². The Balaban J connectivity index is 3.79.